The molecule has 2 aromatic rings. The van der Waals surface area contributed by atoms with Crippen LogP contribution in [0.4, 0.5) is 0 Å². The molecule has 1 aromatic heterocycles. The maximum atomic E-state index is 11.3. The summed E-state index contributed by atoms with van der Waals surface area (Å²) in [4.78, 5) is 11.3. The number of benzene rings is 1. The molecule has 0 unspecified atom stereocenters. The Labute approximate surface area is 97.7 Å². The SMILES string of the molecule is O=c1[nH]ncn1Cc1cccc(C#CCO)c1. The molecule has 86 valence electrons. The lowest BCUT2D eigenvalue weighted by atomic mass is 10.1. The number of hydrogen-bond acceptors (Lipinski definition) is 3. The van der Waals surface area contributed by atoms with Crippen LogP contribution >= 0.6 is 0 Å². The maximum absolute atomic E-state index is 11.3. The fourth-order valence-electron chi connectivity index (χ4n) is 1.47. The third kappa shape index (κ3) is 2.83. The van der Waals surface area contributed by atoms with Crippen molar-refractivity contribution in [3.05, 3.63) is 52.2 Å². The minimum atomic E-state index is -0.239. The first-order valence-electron chi connectivity index (χ1n) is 5.08. The second kappa shape index (κ2) is 5.14. The first-order valence-corrected chi connectivity index (χ1v) is 5.08. The van der Waals surface area contributed by atoms with Crippen LogP contribution in [0.3, 0.4) is 0 Å². The zero-order chi connectivity index (χ0) is 12.1. The van der Waals surface area contributed by atoms with Crippen molar-refractivity contribution in [1.29, 1.82) is 0 Å². The summed E-state index contributed by atoms with van der Waals surface area (Å²) < 4.78 is 1.47. The van der Waals surface area contributed by atoms with Gasteiger partial charge in [-0.2, -0.15) is 5.10 Å². The summed E-state index contributed by atoms with van der Waals surface area (Å²) in [7, 11) is 0. The second-order valence-electron chi connectivity index (χ2n) is 3.45. The highest BCUT2D eigenvalue weighted by molar-refractivity contribution is 5.37. The Morgan fingerprint density at radius 1 is 1.47 bits per heavy atom. The first kappa shape index (κ1) is 11.2. The molecule has 0 aliphatic heterocycles. The average Bonchev–Trinajstić information content (AvgIpc) is 2.73. The van der Waals surface area contributed by atoms with Gasteiger partial charge in [-0.3, -0.25) is 4.57 Å². The number of rotatable bonds is 2. The van der Waals surface area contributed by atoms with Crippen LogP contribution in [0.15, 0.2) is 35.4 Å². The van der Waals surface area contributed by atoms with E-state index in [2.05, 4.69) is 22.0 Å². The van der Waals surface area contributed by atoms with Crippen LogP contribution < -0.4 is 5.69 Å². The van der Waals surface area contributed by atoms with Crippen molar-refractivity contribution in [2.24, 2.45) is 0 Å². The van der Waals surface area contributed by atoms with Gasteiger partial charge in [-0.05, 0) is 17.7 Å². The van der Waals surface area contributed by atoms with E-state index in [0.717, 1.165) is 11.1 Å². The third-order valence-corrected chi connectivity index (χ3v) is 2.21. The Balaban J connectivity index is 2.22. The molecule has 0 amide bonds. The van der Waals surface area contributed by atoms with E-state index in [1.54, 1.807) is 0 Å². The largest absolute Gasteiger partial charge is 0.384 e. The summed E-state index contributed by atoms with van der Waals surface area (Å²) in [5.41, 5.74) is 1.53. The van der Waals surface area contributed by atoms with E-state index in [-0.39, 0.29) is 12.3 Å². The molecule has 0 fully saturated rings. The summed E-state index contributed by atoms with van der Waals surface area (Å²) in [6.07, 6.45) is 1.45. The topological polar surface area (TPSA) is 70.9 Å². The van der Waals surface area contributed by atoms with E-state index in [9.17, 15) is 4.79 Å². The molecule has 0 saturated carbocycles. The van der Waals surface area contributed by atoms with Crippen molar-refractivity contribution in [2.45, 2.75) is 6.54 Å². The Hall–Kier alpha value is -2.32. The Morgan fingerprint density at radius 3 is 3.06 bits per heavy atom. The highest BCUT2D eigenvalue weighted by Crippen LogP contribution is 2.05. The molecule has 0 aliphatic rings. The molecule has 0 atom stereocenters. The zero-order valence-corrected chi connectivity index (χ0v) is 9.05. The molecule has 0 spiro atoms. The lowest BCUT2D eigenvalue weighted by molar-refractivity contribution is 0.350. The highest BCUT2D eigenvalue weighted by atomic mass is 16.2. The number of H-pyrrole nitrogens is 1. The summed E-state index contributed by atoms with van der Waals surface area (Å²) >= 11 is 0. The highest BCUT2D eigenvalue weighted by Gasteiger charge is 1.99. The molecule has 2 rings (SSSR count). The predicted octanol–water partition coefficient (Wildman–Crippen LogP) is -0.0365. The number of hydrogen-bond donors (Lipinski definition) is 2. The van der Waals surface area contributed by atoms with E-state index in [1.165, 1.54) is 10.9 Å². The molecule has 0 saturated heterocycles. The smallest absolute Gasteiger partial charge is 0.343 e. The monoisotopic (exact) mass is 229 g/mol. The van der Waals surface area contributed by atoms with Crippen LogP contribution in [-0.2, 0) is 6.54 Å². The number of nitrogens with zero attached hydrogens (tertiary/aromatic N) is 2. The minimum absolute atomic E-state index is 0.161. The van der Waals surface area contributed by atoms with Gasteiger partial charge in [0, 0.05) is 5.56 Å². The molecule has 0 bridgehead atoms. The van der Waals surface area contributed by atoms with Gasteiger partial charge in [-0.25, -0.2) is 9.89 Å². The average molecular weight is 229 g/mol. The summed E-state index contributed by atoms with van der Waals surface area (Å²) in [5, 5.41) is 14.6. The van der Waals surface area contributed by atoms with E-state index >= 15 is 0 Å². The fraction of sp³-hybridized carbons (Fsp3) is 0.167. The van der Waals surface area contributed by atoms with Crippen LogP contribution in [0.5, 0.6) is 0 Å². The van der Waals surface area contributed by atoms with Gasteiger partial charge in [0.15, 0.2) is 0 Å². The lowest BCUT2D eigenvalue weighted by Crippen LogP contribution is -2.16. The van der Waals surface area contributed by atoms with Crippen LogP contribution in [0, 0.1) is 11.8 Å². The molecule has 1 aromatic carbocycles. The van der Waals surface area contributed by atoms with Crippen molar-refractivity contribution < 1.29 is 5.11 Å². The number of aromatic nitrogens is 3. The Kier molecular flexibility index (Phi) is 3.38. The Morgan fingerprint density at radius 2 is 2.35 bits per heavy atom. The van der Waals surface area contributed by atoms with Crippen molar-refractivity contribution >= 4 is 0 Å². The molecule has 1 heterocycles. The maximum Gasteiger partial charge on any atom is 0.343 e. The van der Waals surface area contributed by atoms with Crippen molar-refractivity contribution in [3.8, 4) is 11.8 Å². The first-order chi connectivity index (χ1) is 8.29. The fourth-order valence-corrected chi connectivity index (χ4v) is 1.47. The quantitative estimate of drug-likeness (QED) is 0.710. The van der Waals surface area contributed by atoms with E-state index in [1.807, 2.05) is 24.3 Å². The van der Waals surface area contributed by atoms with E-state index < -0.39 is 0 Å². The van der Waals surface area contributed by atoms with Gasteiger partial charge in [0.2, 0.25) is 0 Å². The second-order valence-corrected chi connectivity index (χ2v) is 3.45. The number of aromatic amines is 1. The van der Waals surface area contributed by atoms with Gasteiger partial charge in [0.1, 0.15) is 12.9 Å². The molecule has 5 nitrogen and oxygen atoms in total. The predicted molar refractivity (Wildman–Crippen MR) is 62.4 cm³/mol. The van der Waals surface area contributed by atoms with Crippen molar-refractivity contribution in [1.82, 2.24) is 14.8 Å². The lowest BCUT2D eigenvalue weighted by Gasteiger charge is -2.01. The molecule has 17 heavy (non-hydrogen) atoms. The molecular weight excluding hydrogens is 218 g/mol. The van der Waals surface area contributed by atoms with Gasteiger partial charge in [-0.1, -0.05) is 24.0 Å². The van der Waals surface area contributed by atoms with Gasteiger partial charge in [-0.15, -0.1) is 0 Å². The molecule has 5 heteroatoms. The van der Waals surface area contributed by atoms with Gasteiger partial charge >= 0.3 is 5.69 Å². The number of aliphatic hydroxyl groups excluding tert-OH is 1. The Bertz CT molecular complexity index is 616. The number of nitrogens with one attached hydrogen (secondary N) is 1. The summed E-state index contributed by atoms with van der Waals surface area (Å²) in [5.74, 6) is 5.40. The minimum Gasteiger partial charge on any atom is -0.384 e. The molecule has 2 N–H and O–H groups in total. The molecular formula is C12H11N3O2. The standard InChI is InChI=1S/C12H11N3O2/c16-6-2-5-10-3-1-4-11(7-10)8-15-9-13-14-12(15)17/h1,3-4,7,9,16H,6,8H2,(H,14,17). The summed E-state index contributed by atoms with van der Waals surface area (Å²) in [6, 6.07) is 7.50. The molecule has 0 radical (unpaired) electrons. The van der Waals surface area contributed by atoms with Gasteiger partial charge < -0.3 is 5.11 Å². The van der Waals surface area contributed by atoms with Crippen molar-refractivity contribution in [3.63, 3.8) is 0 Å². The van der Waals surface area contributed by atoms with Crippen LogP contribution in [0.1, 0.15) is 11.1 Å². The zero-order valence-electron chi connectivity index (χ0n) is 9.05. The third-order valence-electron chi connectivity index (χ3n) is 2.21. The van der Waals surface area contributed by atoms with Crippen LogP contribution in [0.25, 0.3) is 0 Å². The van der Waals surface area contributed by atoms with Crippen LogP contribution in [0.2, 0.25) is 0 Å². The van der Waals surface area contributed by atoms with Gasteiger partial charge in [0.05, 0.1) is 6.54 Å². The normalized spacial score (nSPS) is 9.71. The van der Waals surface area contributed by atoms with E-state index in [4.69, 9.17) is 5.11 Å². The van der Waals surface area contributed by atoms with E-state index in [0.29, 0.717) is 6.54 Å². The van der Waals surface area contributed by atoms with Crippen LogP contribution in [-0.4, -0.2) is 26.5 Å². The number of aliphatic hydroxyl groups is 1. The van der Waals surface area contributed by atoms with Gasteiger partial charge in [0.25, 0.3) is 0 Å². The van der Waals surface area contributed by atoms with Crippen molar-refractivity contribution in [2.75, 3.05) is 6.61 Å². The summed E-state index contributed by atoms with van der Waals surface area (Å²) in [6.45, 7) is 0.287. The molecule has 0 aliphatic carbocycles.